The van der Waals surface area contributed by atoms with Gasteiger partial charge in [0, 0.05) is 5.75 Å². The maximum Gasteiger partial charge on any atom is 0.322 e. The van der Waals surface area contributed by atoms with Crippen LogP contribution in [0.5, 0.6) is 0 Å². The number of thioether (sulfide) groups is 1. The quantitative estimate of drug-likeness (QED) is 0.668. The van der Waals surface area contributed by atoms with Gasteiger partial charge >= 0.3 is 11.9 Å². The minimum atomic E-state index is -3.92. The lowest BCUT2D eigenvalue weighted by molar-refractivity contribution is -0.141. The summed E-state index contributed by atoms with van der Waals surface area (Å²) in [5.41, 5.74) is 0. The largest absolute Gasteiger partial charge is 0.480 e. The summed E-state index contributed by atoms with van der Waals surface area (Å²) in [7, 11) is -3.92. The summed E-state index contributed by atoms with van der Waals surface area (Å²) in [6.07, 6.45) is 0. The van der Waals surface area contributed by atoms with Crippen molar-refractivity contribution in [2.24, 2.45) is 0 Å². The van der Waals surface area contributed by atoms with Crippen LogP contribution in [0.4, 0.5) is 0 Å². The Labute approximate surface area is 103 Å². The van der Waals surface area contributed by atoms with E-state index in [-0.39, 0.29) is 18.2 Å². The first-order chi connectivity index (χ1) is 7.88. The lowest BCUT2D eigenvalue weighted by Gasteiger charge is -2.19. The van der Waals surface area contributed by atoms with Gasteiger partial charge in [0.1, 0.15) is 6.04 Å². The zero-order valence-corrected chi connectivity index (χ0v) is 10.8. The summed E-state index contributed by atoms with van der Waals surface area (Å²) in [5.74, 6) is -2.64. The topological polar surface area (TPSA) is 101 Å². The van der Waals surface area contributed by atoms with Gasteiger partial charge in [-0.15, -0.1) is 11.8 Å². The molecule has 1 N–H and O–H groups in total. The first kappa shape index (κ1) is 14.3. The average Bonchev–Trinajstić information content (AvgIpc) is 2.65. The second-order valence-electron chi connectivity index (χ2n) is 3.30. The predicted octanol–water partition coefficient (Wildman–Crippen LogP) is -0.661. The number of hydrogen-bond acceptors (Lipinski definition) is 6. The van der Waals surface area contributed by atoms with Crippen LogP contribution in [0, 0.1) is 0 Å². The Balaban J connectivity index is 2.76. The Kier molecular flexibility index (Phi) is 4.78. The summed E-state index contributed by atoms with van der Waals surface area (Å²) in [6, 6.07) is -1.10. The maximum atomic E-state index is 11.8. The molecular weight excluding hydrogens is 270 g/mol. The van der Waals surface area contributed by atoms with Crippen molar-refractivity contribution in [2.75, 3.05) is 24.0 Å². The van der Waals surface area contributed by atoms with Crippen molar-refractivity contribution in [1.82, 2.24) is 4.31 Å². The first-order valence-electron chi connectivity index (χ1n) is 4.84. The van der Waals surface area contributed by atoms with Crippen LogP contribution < -0.4 is 0 Å². The Morgan fingerprint density at radius 2 is 2.18 bits per heavy atom. The molecular formula is C8H13NO6S2. The maximum absolute atomic E-state index is 11.8. The molecule has 0 aromatic rings. The second-order valence-corrected chi connectivity index (χ2v) is 6.22. The molecule has 0 spiro atoms. The Hall–Kier alpha value is -0.800. The molecule has 7 nitrogen and oxygen atoms in total. The van der Waals surface area contributed by atoms with Crippen molar-refractivity contribution in [1.29, 1.82) is 0 Å². The van der Waals surface area contributed by atoms with E-state index in [9.17, 15) is 18.0 Å². The molecule has 0 aromatic heterocycles. The third kappa shape index (κ3) is 3.58. The van der Waals surface area contributed by atoms with Gasteiger partial charge in [-0.05, 0) is 6.92 Å². The summed E-state index contributed by atoms with van der Waals surface area (Å²) in [4.78, 5) is 21.9. The van der Waals surface area contributed by atoms with E-state index in [1.165, 1.54) is 11.8 Å². The molecule has 0 unspecified atom stereocenters. The molecule has 98 valence electrons. The van der Waals surface area contributed by atoms with Crippen molar-refractivity contribution < 1.29 is 27.9 Å². The zero-order chi connectivity index (χ0) is 13.1. The van der Waals surface area contributed by atoms with Crippen LogP contribution in [-0.2, 0) is 24.3 Å². The van der Waals surface area contributed by atoms with Crippen molar-refractivity contribution in [3.63, 3.8) is 0 Å². The van der Waals surface area contributed by atoms with Crippen molar-refractivity contribution in [3.05, 3.63) is 0 Å². The molecule has 17 heavy (non-hydrogen) atoms. The molecule has 1 saturated heterocycles. The molecule has 1 rings (SSSR count). The van der Waals surface area contributed by atoms with Gasteiger partial charge in [-0.25, -0.2) is 8.42 Å². The fourth-order valence-corrected chi connectivity index (χ4v) is 4.40. The van der Waals surface area contributed by atoms with Gasteiger partial charge in [0.25, 0.3) is 0 Å². The fraction of sp³-hybridized carbons (Fsp3) is 0.750. The number of ether oxygens (including phenoxy) is 1. The molecule has 0 aromatic carbocycles. The molecule has 0 bridgehead atoms. The number of carbonyl (C=O) groups excluding carboxylic acids is 1. The van der Waals surface area contributed by atoms with Gasteiger partial charge in [-0.3, -0.25) is 9.59 Å². The van der Waals surface area contributed by atoms with Crippen molar-refractivity contribution >= 4 is 33.7 Å². The molecule has 1 aliphatic rings. The third-order valence-corrected chi connectivity index (χ3v) is 4.96. The molecule has 1 heterocycles. The van der Waals surface area contributed by atoms with E-state index in [0.29, 0.717) is 0 Å². The number of carboxylic acids is 1. The highest BCUT2D eigenvalue weighted by molar-refractivity contribution is 8.00. The standard InChI is InChI=1S/C8H13NO6S2/c1-2-15-7(10)4-17(13,14)9-5-16-3-6(9)8(11)12/h6H,2-5H2,1H3,(H,11,12)/t6-/m0/s1. The van der Waals surface area contributed by atoms with E-state index in [0.717, 1.165) is 4.31 Å². The van der Waals surface area contributed by atoms with Gasteiger partial charge < -0.3 is 9.84 Å². The van der Waals surface area contributed by atoms with Crippen LogP contribution in [-0.4, -0.2) is 59.8 Å². The number of sulfonamides is 1. The lowest BCUT2D eigenvalue weighted by Crippen LogP contribution is -2.44. The fourth-order valence-electron chi connectivity index (χ4n) is 1.33. The lowest BCUT2D eigenvalue weighted by atomic mass is 10.4. The van der Waals surface area contributed by atoms with Gasteiger partial charge in [-0.2, -0.15) is 4.31 Å². The highest BCUT2D eigenvalue weighted by Gasteiger charge is 2.40. The monoisotopic (exact) mass is 283 g/mol. The Bertz CT molecular complexity index is 406. The van der Waals surface area contributed by atoms with Crippen LogP contribution in [0.1, 0.15) is 6.92 Å². The second kappa shape index (κ2) is 5.69. The van der Waals surface area contributed by atoms with E-state index in [2.05, 4.69) is 4.74 Å². The third-order valence-electron chi connectivity index (χ3n) is 2.09. The van der Waals surface area contributed by atoms with Gasteiger partial charge in [0.05, 0.1) is 12.5 Å². The van der Waals surface area contributed by atoms with Crippen LogP contribution in [0.15, 0.2) is 0 Å². The molecule has 1 fully saturated rings. The van der Waals surface area contributed by atoms with Crippen molar-refractivity contribution in [3.8, 4) is 0 Å². The zero-order valence-electron chi connectivity index (χ0n) is 9.16. The van der Waals surface area contributed by atoms with Gasteiger partial charge in [0.15, 0.2) is 5.75 Å². The molecule has 1 aliphatic heterocycles. The van der Waals surface area contributed by atoms with Crippen LogP contribution >= 0.6 is 11.8 Å². The molecule has 0 aliphatic carbocycles. The van der Waals surface area contributed by atoms with Crippen molar-refractivity contribution in [2.45, 2.75) is 13.0 Å². The summed E-state index contributed by atoms with van der Waals surface area (Å²) in [5, 5.41) is 8.85. The number of carbonyl (C=O) groups is 2. The molecule has 0 amide bonds. The minimum absolute atomic E-state index is 0.0543. The summed E-state index contributed by atoms with van der Waals surface area (Å²) >= 11 is 1.20. The first-order valence-corrected chi connectivity index (χ1v) is 7.60. The van der Waals surface area contributed by atoms with E-state index < -0.39 is 33.8 Å². The molecule has 0 radical (unpaired) electrons. The van der Waals surface area contributed by atoms with Crippen LogP contribution in [0.3, 0.4) is 0 Å². The van der Waals surface area contributed by atoms with Crippen LogP contribution in [0.25, 0.3) is 0 Å². The van der Waals surface area contributed by atoms with Gasteiger partial charge in [-0.1, -0.05) is 0 Å². The summed E-state index contributed by atoms with van der Waals surface area (Å²) in [6.45, 7) is 1.65. The molecule has 1 atom stereocenters. The number of esters is 1. The number of carboxylic acid groups (broad SMARTS) is 1. The normalized spacial score (nSPS) is 21.4. The highest BCUT2D eigenvalue weighted by atomic mass is 32.2. The Morgan fingerprint density at radius 3 is 2.71 bits per heavy atom. The Morgan fingerprint density at radius 1 is 1.53 bits per heavy atom. The average molecular weight is 283 g/mol. The highest BCUT2D eigenvalue weighted by Crippen LogP contribution is 2.24. The predicted molar refractivity (Wildman–Crippen MR) is 61.0 cm³/mol. The number of hydrogen-bond donors (Lipinski definition) is 1. The SMILES string of the molecule is CCOC(=O)CS(=O)(=O)N1CSC[C@H]1C(=O)O. The molecule has 9 heteroatoms. The number of aliphatic carboxylic acids is 1. The molecule has 0 saturated carbocycles. The van der Waals surface area contributed by atoms with Gasteiger partial charge in [0.2, 0.25) is 10.0 Å². The summed E-state index contributed by atoms with van der Waals surface area (Å²) < 4.78 is 28.9. The van der Waals surface area contributed by atoms with E-state index in [1.54, 1.807) is 6.92 Å². The smallest absolute Gasteiger partial charge is 0.322 e. The van der Waals surface area contributed by atoms with E-state index in [1.807, 2.05) is 0 Å². The van der Waals surface area contributed by atoms with E-state index in [4.69, 9.17) is 5.11 Å². The van der Waals surface area contributed by atoms with Crippen LogP contribution in [0.2, 0.25) is 0 Å². The minimum Gasteiger partial charge on any atom is -0.480 e. The number of rotatable bonds is 5. The van der Waals surface area contributed by atoms with E-state index >= 15 is 0 Å². The number of nitrogens with zero attached hydrogens (tertiary/aromatic N) is 1.